The van der Waals surface area contributed by atoms with Crippen LogP contribution in [0.4, 0.5) is 0 Å². The molecule has 0 aliphatic heterocycles. The molecule has 0 saturated heterocycles. The van der Waals surface area contributed by atoms with E-state index in [1.165, 1.54) is 11.1 Å². The molecule has 1 atom stereocenters. The van der Waals surface area contributed by atoms with Crippen molar-refractivity contribution in [3.8, 4) is 0 Å². The lowest BCUT2D eigenvalue weighted by Gasteiger charge is -2.32. The fourth-order valence-corrected chi connectivity index (χ4v) is 2.78. The Bertz CT molecular complexity index is 591. The summed E-state index contributed by atoms with van der Waals surface area (Å²) in [6.45, 7) is 8.63. The van der Waals surface area contributed by atoms with Crippen molar-refractivity contribution in [3.63, 3.8) is 0 Å². The second-order valence-corrected chi connectivity index (χ2v) is 6.82. The molecule has 3 nitrogen and oxygen atoms in total. The minimum atomic E-state index is 0.107. The molecule has 24 heavy (non-hydrogen) atoms. The van der Waals surface area contributed by atoms with E-state index in [-0.39, 0.29) is 6.10 Å². The highest BCUT2D eigenvalue weighted by Gasteiger charge is 2.19. The van der Waals surface area contributed by atoms with Crippen LogP contribution in [-0.2, 0) is 18.2 Å². The number of nitrogens with zero attached hydrogens (tertiary/aromatic N) is 2. The molecule has 130 valence electrons. The highest BCUT2D eigenvalue weighted by atomic mass is 16.5. The van der Waals surface area contributed by atoms with Crippen LogP contribution in [0.3, 0.4) is 0 Å². The molecule has 1 heterocycles. The van der Waals surface area contributed by atoms with E-state index in [0.717, 1.165) is 37.1 Å². The van der Waals surface area contributed by atoms with Gasteiger partial charge in [0.25, 0.3) is 0 Å². The van der Waals surface area contributed by atoms with Gasteiger partial charge in [-0.3, -0.25) is 0 Å². The number of hydrogen-bond donors (Lipinski definition) is 0. The fraction of sp³-hybridized carbons (Fsp3) is 0.476. The van der Waals surface area contributed by atoms with E-state index in [0.29, 0.717) is 0 Å². The number of pyridine rings is 1. The number of hydrogen-bond acceptors (Lipinski definition) is 1. The van der Waals surface area contributed by atoms with Crippen molar-refractivity contribution in [2.45, 2.75) is 26.4 Å². The van der Waals surface area contributed by atoms with Gasteiger partial charge in [-0.25, -0.2) is 4.57 Å². The van der Waals surface area contributed by atoms with Crippen LogP contribution in [0.25, 0.3) is 0 Å². The molecule has 0 radical (unpaired) electrons. The zero-order valence-corrected chi connectivity index (χ0v) is 15.6. The molecule has 0 saturated carbocycles. The highest BCUT2D eigenvalue weighted by molar-refractivity contribution is 5.20. The van der Waals surface area contributed by atoms with Crippen LogP contribution in [0.1, 0.15) is 31.1 Å². The molecule has 0 aliphatic carbocycles. The van der Waals surface area contributed by atoms with Gasteiger partial charge < -0.3 is 9.22 Å². The molecule has 0 spiro atoms. The van der Waals surface area contributed by atoms with Crippen LogP contribution in [-0.4, -0.2) is 37.8 Å². The van der Waals surface area contributed by atoms with E-state index in [1.54, 1.807) is 0 Å². The highest BCUT2D eigenvalue weighted by Crippen LogP contribution is 2.22. The fourth-order valence-electron chi connectivity index (χ4n) is 2.78. The molecule has 2 rings (SSSR count). The normalized spacial score (nSPS) is 13.0. The van der Waals surface area contributed by atoms with Crippen molar-refractivity contribution in [1.29, 1.82) is 0 Å². The van der Waals surface area contributed by atoms with Gasteiger partial charge in [-0.1, -0.05) is 30.3 Å². The van der Waals surface area contributed by atoms with Gasteiger partial charge in [-0.15, -0.1) is 0 Å². The number of aryl methyl sites for hydroxylation is 1. The summed E-state index contributed by atoms with van der Waals surface area (Å²) in [7, 11) is 4.35. The monoisotopic (exact) mass is 328 g/mol. The van der Waals surface area contributed by atoms with Crippen LogP contribution >= 0.6 is 0 Å². The van der Waals surface area contributed by atoms with E-state index in [1.807, 2.05) is 7.05 Å². The lowest BCUT2D eigenvalue weighted by atomic mass is 10.0. The average molecular weight is 329 g/mol. The number of rotatable bonds is 9. The smallest absolute Gasteiger partial charge is 0.168 e. The third-order valence-corrected chi connectivity index (χ3v) is 5.12. The number of ether oxygens (including phenoxy) is 1. The average Bonchev–Trinajstić information content (AvgIpc) is 2.62. The van der Waals surface area contributed by atoms with E-state index in [2.05, 4.69) is 80.3 Å². The molecule has 0 fully saturated rings. The Kier molecular flexibility index (Phi) is 6.95. The van der Waals surface area contributed by atoms with Crippen LogP contribution < -0.4 is 4.57 Å². The first kappa shape index (κ1) is 18.6. The predicted molar refractivity (Wildman–Crippen MR) is 98.6 cm³/mol. The van der Waals surface area contributed by atoms with E-state index < -0.39 is 0 Å². The standard InChI is InChI=1S/C21H32N2O/c1-5-23(4,6-2)16-17-24-21(18-19-10-8-7-9-11-19)20-12-14-22(3)15-13-20/h7-15,21H,5-6,16-18H2,1-4H3/q+2. The van der Waals surface area contributed by atoms with Crippen molar-refractivity contribution in [2.75, 3.05) is 33.3 Å². The Hall–Kier alpha value is -1.71. The zero-order valence-electron chi connectivity index (χ0n) is 15.6. The van der Waals surface area contributed by atoms with Gasteiger partial charge in [0.05, 0.1) is 32.8 Å². The Balaban J connectivity index is 2.06. The molecule has 3 heteroatoms. The van der Waals surface area contributed by atoms with Gasteiger partial charge in [-0.05, 0) is 25.0 Å². The largest absolute Gasteiger partial charge is 0.367 e. The molecule has 1 aromatic heterocycles. The quantitative estimate of drug-likeness (QED) is 0.508. The summed E-state index contributed by atoms with van der Waals surface area (Å²) in [5.41, 5.74) is 2.57. The first-order valence-corrected chi connectivity index (χ1v) is 9.00. The molecule has 1 unspecified atom stereocenters. The van der Waals surface area contributed by atoms with Crippen LogP contribution in [0.2, 0.25) is 0 Å². The first-order valence-electron chi connectivity index (χ1n) is 9.00. The van der Waals surface area contributed by atoms with Crippen molar-refractivity contribution in [1.82, 2.24) is 0 Å². The topological polar surface area (TPSA) is 13.1 Å². The third kappa shape index (κ3) is 5.43. The second kappa shape index (κ2) is 8.95. The Labute approximate surface area is 147 Å². The second-order valence-electron chi connectivity index (χ2n) is 6.82. The first-order chi connectivity index (χ1) is 11.6. The molecular weight excluding hydrogens is 296 g/mol. The number of aromatic nitrogens is 1. The Morgan fingerprint density at radius 1 is 1.00 bits per heavy atom. The molecular formula is C21H32N2O+2. The number of quaternary nitrogens is 1. The van der Waals surface area contributed by atoms with Gasteiger partial charge >= 0.3 is 0 Å². The van der Waals surface area contributed by atoms with Crippen molar-refractivity contribution >= 4 is 0 Å². The summed E-state index contributed by atoms with van der Waals surface area (Å²) in [6, 6.07) is 14.9. The van der Waals surface area contributed by atoms with Gasteiger partial charge in [-0.2, -0.15) is 0 Å². The van der Waals surface area contributed by atoms with Gasteiger partial charge in [0.15, 0.2) is 12.4 Å². The van der Waals surface area contributed by atoms with Gasteiger partial charge in [0.1, 0.15) is 13.6 Å². The lowest BCUT2D eigenvalue weighted by Crippen LogP contribution is -2.46. The minimum Gasteiger partial charge on any atom is -0.367 e. The molecule has 0 aliphatic rings. The molecule has 0 amide bonds. The Morgan fingerprint density at radius 2 is 1.62 bits per heavy atom. The predicted octanol–water partition coefficient (Wildman–Crippen LogP) is 3.30. The summed E-state index contributed by atoms with van der Waals surface area (Å²) < 4.78 is 9.46. The maximum Gasteiger partial charge on any atom is 0.168 e. The maximum atomic E-state index is 6.35. The van der Waals surface area contributed by atoms with Gasteiger partial charge in [0, 0.05) is 18.6 Å². The summed E-state index contributed by atoms with van der Waals surface area (Å²) in [4.78, 5) is 0. The summed E-state index contributed by atoms with van der Waals surface area (Å²) in [5, 5.41) is 0. The van der Waals surface area contributed by atoms with E-state index in [9.17, 15) is 0 Å². The Morgan fingerprint density at radius 3 is 2.21 bits per heavy atom. The van der Waals surface area contributed by atoms with Crippen LogP contribution in [0.15, 0.2) is 54.9 Å². The molecule has 0 bridgehead atoms. The summed E-state index contributed by atoms with van der Waals surface area (Å²) >= 11 is 0. The van der Waals surface area contributed by atoms with Crippen LogP contribution in [0.5, 0.6) is 0 Å². The van der Waals surface area contributed by atoms with E-state index in [4.69, 9.17) is 4.74 Å². The maximum absolute atomic E-state index is 6.35. The minimum absolute atomic E-state index is 0.107. The summed E-state index contributed by atoms with van der Waals surface area (Å²) in [5.74, 6) is 0. The molecule has 0 N–H and O–H groups in total. The van der Waals surface area contributed by atoms with Crippen molar-refractivity contribution < 1.29 is 13.8 Å². The van der Waals surface area contributed by atoms with Crippen LogP contribution in [0, 0.1) is 0 Å². The van der Waals surface area contributed by atoms with Crippen molar-refractivity contribution in [3.05, 3.63) is 66.0 Å². The van der Waals surface area contributed by atoms with E-state index >= 15 is 0 Å². The number of benzene rings is 1. The molecule has 2 aromatic rings. The molecule has 1 aromatic carbocycles. The van der Waals surface area contributed by atoms with Crippen molar-refractivity contribution in [2.24, 2.45) is 7.05 Å². The lowest BCUT2D eigenvalue weighted by molar-refractivity contribution is -0.906. The summed E-state index contributed by atoms with van der Waals surface area (Å²) in [6.07, 6.45) is 5.20. The third-order valence-electron chi connectivity index (χ3n) is 5.12. The van der Waals surface area contributed by atoms with Gasteiger partial charge in [0.2, 0.25) is 0 Å². The zero-order chi connectivity index (χ0) is 17.4. The SMILES string of the molecule is CC[N+](C)(CC)CCOC(Cc1ccccc1)c1cc[n+](C)cc1. The number of likely N-dealkylation sites (N-methyl/N-ethyl adjacent to an activating group) is 1.